The SMILES string of the molecule is CC1CCC(NC(=O)CN2CCC(C)CC2)CC1. The van der Waals surface area contributed by atoms with E-state index in [0.717, 1.165) is 24.9 Å². The predicted octanol–water partition coefficient (Wildman–Crippen LogP) is 2.41. The van der Waals surface area contributed by atoms with E-state index in [9.17, 15) is 4.79 Å². The Labute approximate surface area is 111 Å². The first-order chi connectivity index (χ1) is 8.63. The maximum absolute atomic E-state index is 12.0. The second-order valence-corrected chi connectivity index (χ2v) is 6.48. The summed E-state index contributed by atoms with van der Waals surface area (Å²) < 4.78 is 0. The van der Waals surface area contributed by atoms with Crippen molar-refractivity contribution in [2.75, 3.05) is 19.6 Å². The number of carbonyl (C=O) groups excluding carboxylic acids is 1. The van der Waals surface area contributed by atoms with E-state index in [1.807, 2.05) is 0 Å². The molecule has 18 heavy (non-hydrogen) atoms. The Morgan fingerprint density at radius 2 is 1.56 bits per heavy atom. The molecule has 0 atom stereocenters. The monoisotopic (exact) mass is 252 g/mol. The molecule has 104 valence electrons. The van der Waals surface area contributed by atoms with Gasteiger partial charge in [-0.3, -0.25) is 9.69 Å². The fraction of sp³-hybridized carbons (Fsp3) is 0.933. The highest BCUT2D eigenvalue weighted by Crippen LogP contribution is 2.23. The van der Waals surface area contributed by atoms with Gasteiger partial charge in [0, 0.05) is 6.04 Å². The zero-order valence-electron chi connectivity index (χ0n) is 12.0. The van der Waals surface area contributed by atoms with Crippen LogP contribution in [-0.2, 0) is 4.79 Å². The summed E-state index contributed by atoms with van der Waals surface area (Å²) in [4.78, 5) is 14.3. The first-order valence-electron chi connectivity index (χ1n) is 7.65. The van der Waals surface area contributed by atoms with Gasteiger partial charge in [0.25, 0.3) is 0 Å². The molecule has 0 aromatic carbocycles. The molecule has 2 rings (SSSR count). The van der Waals surface area contributed by atoms with E-state index in [2.05, 4.69) is 24.1 Å². The predicted molar refractivity (Wildman–Crippen MR) is 74.4 cm³/mol. The highest BCUT2D eigenvalue weighted by atomic mass is 16.2. The number of nitrogens with zero attached hydrogens (tertiary/aromatic N) is 1. The van der Waals surface area contributed by atoms with Gasteiger partial charge in [0.1, 0.15) is 0 Å². The normalized spacial score (nSPS) is 31.2. The third-order valence-corrected chi connectivity index (χ3v) is 4.62. The lowest BCUT2D eigenvalue weighted by molar-refractivity contribution is -0.123. The molecule has 1 N–H and O–H groups in total. The van der Waals surface area contributed by atoms with Crippen molar-refractivity contribution in [3.63, 3.8) is 0 Å². The molecule has 0 aromatic rings. The van der Waals surface area contributed by atoms with Crippen LogP contribution in [0, 0.1) is 11.8 Å². The summed E-state index contributed by atoms with van der Waals surface area (Å²) in [7, 11) is 0. The molecule has 1 aliphatic heterocycles. The van der Waals surface area contributed by atoms with Crippen LogP contribution < -0.4 is 5.32 Å². The van der Waals surface area contributed by atoms with Gasteiger partial charge < -0.3 is 5.32 Å². The molecule has 1 amide bonds. The van der Waals surface area contributed by atoms with Gasteiger partial charge >= 0.3 is 0 Å². The summed E-state index contributed by atoms with van der Waals surface area (Å²) in [6.45, 7) is 7.42. The van der Waals surface area contributed by atoms with Crippen molar-refractivity contribution in [3.05, 3.63) is 0 Å². The summed E-state index contributed by atoms with van der Waals surface area (Å²) in [5.74, 6) is 1.93. The van der Waals surface area contributed by atoms with E-state index >= 15 is 0 Å². The first-order valence-corrected chi connectivity index (χ1v) is 7.65. The zero-order chi connectivity index (χ0) is 13.0. The number of hydrogen-bond donors (Lipinski definition) is 1. The minimum absolute atomic E-state index is 0.240. The Morgan fingerprint density at radius 1 is 1.00 bits per heavy atom. The number of piperidine rings is 1. The lowest BCUT2D eigenvalue weighted by atomic mass is 9.87. The molecular weight excluding hydrogens is 224 g/mol. The van der Waals surface area contributed by atoms with E-state index in [4.69, 9.17) is 0 Å². The molecule has 1 heterocycles. The summed E-state index contributed by atoms with van der Waals surface area (Å²) in [6, 6.07) is 0.442. The second kappa shape index (κ2) is 6.55. The van der Waals surface area contributed by atoms with Gasteiger partial charge in [-0.25, -0.2) is 0 Å². The van der Waals surface area contributed by atoms with Gasteiger partial charge in [-0.2, -0.15) is 0 Å². The van der Waals surface area contributed by atoms with Crippen molar-refractivity contribution in [1.29, 1.82) is 0 Å². The quantitative estimate of drug-likeness (QED) is 0.836. The van der Waals surface area contributed by atoms with Crippen LogP contribution in [0.5, 0.6) is 0 Å². The Morgan fingerprint density at radius 3 is 2.17 bits per heavy atom. The Balaban J connectivity index is 1.66. The van der Waals surface area contributed by atoms with Crippen LogP contribution in [0.3, 0.4) is 0 Å². The largest absolute Gasteiger partial charge is 0.352 e. The standard InChI is InChI=1S/C15H28N2O/c1-12-3-5-14(6-4-12)16-15(18)11-17-9-7-13(2)8-10-17/h12-14H,3-11H2,1-2H3,(H,16,18). The van der Waals surface area contributed by atoms with E-state index < -0.39 is 0 Å². The van der Waals surface area contributed by atoms with Gasteiger partial charge in [-0.1, -0.05) is 13.8 Å². The number of amides is 1. The number of hydrogen-bond acceptors (Lipinski definition) is 2. The minimum Gasteiger partial charge on any atom is -0.352 e. The molecule has 1 saturated heterocycles. The molecule has 1 aliphatic carbocycles. The van der Waals surface area contributed by atoms with Crippen LogP contribution in [0.1, 0.15) is 52.4 Å². The van der Waals surface area contributed by atoms with Crippen LogP contribution in [0.25, 0.3) is 0 Å². The van der Waals surface area contributed by atoms with Crippen molar-refractivity contribution in [1.82, 2.24) is 10.2 Å². The summed E-state index contributed by atoms with van der Waals surface area (Å²) >= 11 is 0. The Hall–Kier alpha value is -0.570. The number of nitrogens with one attached hydrogen (secondary N) is 1. The van der Waals surface area contributed by atoms with Crippen molar-refractivity contribution >= 4 is 5.91 Å². The average molecular weight is 252 g/mol. The van der Waals surface area contributed by atoms with Crippen molar-refractivity contribution in [2.45, 2.75) is 58.4 Å². The van der Waals surface area contributed by atoms with E-state index in [0.29, 0.717) is 12.6 Å². The van der Waals surface area contributed by atoms with Crippen LogP contribution in [0.2, 0.25) is 0 Å². The van der Waals surface area contributed by atoms with Gasteiger partial charge in [-0.15, -0.1) is 0 Å². The second-order valence-electron chi connectivity index (χ2n) is 6.48. The number of rotatable bonds is 3. The van der Waals surface area contributed by atoms with Crippen molar-refractivity contribution in [3.8, 4) is 0 Å². The lowest BCUT2D eigenvalue weighted by Gasteiger charge is -2.31. The van der Waals surface area contributed by atoms with Crippen LogP contribution in [0.4, 0.5) is 0 Å². The van der Waals surface area contributed by atoms with Crippen molar-refractivity contribution in [2.24, 2.45) is 11.8 Å². The molecule has 0 bridgehead atoms. The molecule has 2 fully saturated rings. The summed E-state index contributed by atoms with van der Waals surface area (Å²) in [6.07, 6.45) is 7.37. The first kappa shape index (κ1) is 13.9. The fourth-order valence-corrected chi connectivity index (χ4v) is 3.10. The molecule has 0 unspecified atom stereocenters. The highest BCUT2D eigenvalue weighted by Gasteiger charge is 2.22. The van der Waals surface area contributed by atoms with Crippen molar-refractivity contribution < 1.29 is 4.79 Å². The molecule has 0 aromatic heterocycles. The molecular formula is C15H28N2O. The van der Waals surface area contributed by atoms with Crippen LogP contribution in [0.15, 0.2) is 0 Å². The minimum atomic E-state index is 0.240. The topological polar surface area (TPSA) is 32.3 Å². The zero-order valence-corrected chi connectivity index (χ0v) is 12.0. The number of carbonyl (C=O) groups is 1. The maximum Gasteiger partial charge on any atom is 0.234 e. The van der Waals surface area contributed by atoms with E-state index in [1.165, 1.54) is 38.5 Å². The third kappa shape index (κ3) is 4.27. The third-order valence-electron chi connectivity index (χ3n) is 4.62. The van der Waals surface area contributed by atoms with E-state index in [1.54, 1.807) is 0 Å². The Kier molecular flexibility index (Phi) is 5.04. The molecule has 3 heteroatoms. The fourth-order valence-electron chi connectivity index (χ4n) is 3.10. The summed E-state index contributed by atoms with van der Waals surface area (Å²) in [5, 5.41) is 3.22. The molecule has 1 saturated carbocycles. The smallest absolute Gasteiger partial charge is 0.234 e. The molecule has 2 aliphatic rings. The molecule has 0 radical (unpaired) electrons. The van der Waals surface area contributed by atoms with Crippen LogP contribution in [-0.4, -0.2) is 36.5 Å². The molecule has 3 nitrogen and oxygen atoms in total. The Bertz CT molecular complexity index is 238. The average Bonchev–Trinajstić information content (AvgIpc) is 2.35. The highest BCUT2D eigenvalue weighted by molar-refractivity contribution is 5.78. The van der Waals surface area contributed by atoms with Gasteiger partial charge in [0.15, 0.2) is 0 Å². The lowest BCUT2D eigenvalue weighted by Crippen LogP contribution is -2.45. The van der Waals surface area contributed by atoms with Gasteiger partial charge in [0.2, 0.25) is 5.91 Å². The maximum atomic E-state index is 12.0. The van der Waals surface area contributed by atoms with Gasteiger partial charge in [-0.05, 0) is 63.5 Å². The number of likely N-dealkylation sites (tertiary alicyclic amines) is 1. The summed E-state index contributed by atoms with van der Waals surface area (Å²) in [5.41, 5.74) is 0. The van der Waals surface area contributed by atoms with E-state index in [-0.39, 0.29) is 5.91 Å². The van der Waals surface area contributed by atoms with Gasteiger partial charge in [0.05, 0.1) is 6.54 Å². The molecule has 0 spiro atoms. The van der Waals surface area contributed by atoms with Crippen LogP contribution >= 0.6 is 0 Å².